The van der Waals surface area contributed by atoms with Gasteiger partial charge in [-0.25, -0.2) is 9.37 Å². The van der Waals surface area contributed by atoms with E-state index in [4.69, 9.17) is 0 Å². The molecule has 0 aliphatic carbocycles. The lowest BCUT2D eigenvalue weighted by atomic mass is 9.84. The number of hydrogen-bond acceptors (Lipinski definition) is 9. The van der Waals surface area contributed by atoms with Crippen LogP contribution in [0.5, 0.6) is 0 Å². The van der Waals surface area contributed by atoms with Crippen molar-refractivity contribution in [2.24, 2.45) is 7.05 Å². The van der Waals surface area contributed by atoms with Crippen molar-refractivity contribution in [1.29, 1.82) is 0 Å². The third kappa shape index (κ3) is 6.69. The smallest absolute Gasteiger partial charge is 0.255 e. The molecule has 51 heavy (non-hydrogen) atoms. The third-order valence-corrected chi connectivity index (χ3v) is 11.0. The van der Waals surface area contributed by atoms with E-state index in [1.54, 1.807) is 18.5 Å². The van der Waals surface area contributed by atoms with Crippen LogP contribution < -0.4 is 15.5 Å². The quantitative estimate of drug-likeness (QED) is 0.262. The molecule has 1 unspecified atom stereocenters. The fourth-order valence-corrected chi connectivity index (χ4v) is 7.93. The summed E-state index contributed by atoms with van der Waals surface area (Å²) < 4.78 is 18.3. The van der Waals surface area contributed by atoms with Gasteiger partial charge in [0.25, 0.3) is 5.91 Å². The summed E-state index contributed by atoms with van der Waals surface area (Å²) >= 11 is 0. The summed E-state index contributed by atoms with van der Waals surface area (Å²) in [6.07, 6.45) is 6.81. The molecule has 4 aliphatic heterocycles. The van der Waals surface area contributed by atoms with E-state index in [0.29, 0.717) is 49.5 Å². The van der Waals surface area contributed by atoms with E-state index in [2.05, 4.69) is 59.9 Å². The maximum absolute atomic E-state index is 16.4. The van der Waals surface area contributed by atoms with Gasteiger partial charge in [0.15, 0.2) is 5.82 Å². The zero-order chi connectivity index (χ0) is 35.1. The van der Waals surface area contributed by atoms with Crippen LogP contribution in [0.4, 0.5) is 15.9 Å². The number of carbonyl (C=O) groups is 3. The molecule has 0 bridgehead atoms. The first kappa shape index (κ1) is 33.0. The fraction of sp³-hybridized carbons (Fsp3) is 0.421. The summed E-state index contributed by atoms with van der Waals surface area (Å²) in [7, 11) is 1.92. The Morgan fingerprint density at radius 1 is 0.961 bits per heavy atom. The Bertz CT molecular complexity index is 1930. The Hall–Kier alpha value is -5.17. The number of hydrogen-bond donors (Lipinski definition) is 2. The maximum Gasteiger partial charge on any atom is 0.255 e. The number of amides is 3. The monoisotopic (exact) mass is 691 g/mol. The molecule has 2 aromatic heterocycles. The van der Waals surface area contributed by atoms with Crippen LogP contribution in [0.2, 0.25) is 0 Å². The standard InChI is InChI=1S/C38H42FN9O3/c1-45-24-41-44-35(45)26-4-10-33(40-21-26)42-29-12-16-47(17-13-29)30-6-2-25(3-7-30)22-46-18-14-38(39,15-19-46)28-5-8-31-27(20-28)23-48(37(31)51)32-9-11-34(49)43-36(32)50/h2-8,10,20-21,24,29,32H,9,11-19,22-23H2,1H3,(H,40,42)(H,43,49,50). The Kier molecular flexibility index (Phi) is 8.74. The Labute approximate surface area is 296 Å². The van der Waals surface area contributed by atoms with Gasteiger partial charge < -0.3 is 19.7 Å². The second-order valence-corrected chi connectivity index (χ2v) is 14.3. The predicted molar refractivity (Wildman–Crippen MR) is 189 cm³/mol. The summed E-state index contributed by atoms with van der Waals surface area (Å²) in [5, 5.41) is 14.0. The zero-order valence-electron chi connectivity index (χ0n) is 28.7. The lowest BCUT2D eigenvalue weighted by Crippen LogP contribution is -2.52. The molecule has 2 aromatic carbocycles. The first-order valence-corrected chi connectivity index (χ1v) is 17.8. The second-order valence-electron chi connectivity index (χ2n) is 14.3. The van der Waals surface area contributed by atoms with Gasteiger partial charge in [-0.05, 0) is 79.1 Å². The number of benzene rings is 2. The molecule has 0 saturated carbocycles. The highest BCUT2D eigenvalue weighted by Crippen LogP contribution is 2.40. The first-order chi connectivity index (χ1) is 24.7. The van der Waals surface area contributed by atoms with Crippen molar-refractivity contribution in [3.05, 3.63) is 89.4 Å². The number of alkyl halides is 1. The number of nitrogens with zero attached hydrogens (tertiary/aromatic N) is 7. The molecule has 13 heteroatoms. The van der Waals surface area contributed by atoms with Gasteiger partial charge in [-0.15, -0.1) is 10.2 Å². The maximum atomic E-state index is 16.4. The van der Waals surface area contributed by atoms with E-state index in [1.165, 1.54) is 16.2 Å². The fourth-order valence-electron chi connectivity index (χ4n) is 7.93. The van der Waals surface area contributed by atoms with Gasteiger partial charge in [-0.1, -0.05) is 24.3 Å². The molecule has 3 saturated heterocycles. The SMILES string of the molecule is Cn1cnnc1-c1ccc(NC2CCN(c3ccc(CN4CCC(F)(c5ccc6c(c5)CN(C5CCC(=O)NC5=O)C6=O)CC4)cc3)CC2)nc1. The van der Waals surface area contributed by atoms with Gasteiger partial charge in [0.2, 0.25) is 11.8 Å². The predicted octanol–water partition coefficient (Wildman–Crippen LogP) is 4.18. The molecular formula is C38H42FN9O3. The highest BCUT2D eigenvalue weighted by atomic mass is 19.1. The van der Waals surface area contributed by atoms with E-state index in [9.17, 15) is 14.4 Å². The average Bonchev–Trinajstić information content (AvgIpc) is 3.72. The molecule has 12 nitrogen and oxygen atoms in total. The lowest BCUT2D eigenvalue weighted by molar-refractivity contribution is -0.136. The molecule has 1 atom stereocenters. The van der Waals surface area contributed by atoms with E-state index < -0.39 is 17.6 Å². The lowest BCUT2D eigenvalue weighted by Gasteiger charge is -2.37. The van der Waals surface area contributed by atoms with Crippen molar-refractivity contribution in [1.82, 2.24) is 34.9 Å². The molecule has 3 fully saturated rings. The number of nitrogens with one attached hydrogen (secondary N) is 2. The highest BCUT2D eigenvalue weighted by molar-refractivity contribution is 6.05. The summed E-state index contributed by atoms with van der Waals surface area (Å²) in [4.78, 5) is 47.9. The van der Waals surface area contributed by atoms with E-state index in [0.717, 1.165) is 55.2 Å². The van der Waals surface area contributed by atoms with E-state index >= 15 is 4.39 Å². The topological polar surface area (TPSA) is 129 Å². The largest absolute Gasteiger partial charge is 0.371 e. The van der Waals surface area contributed by atoms with Gasteiger partial charge >= 0.3 is 0 Å². The number of carbonyl (C=O) groups excluding carboxylic acids is 3. The zero-order valence-corrected chi connectivity index (χ0v) is 28.7. The van der Waals surface area contributed by atoms with Crippen LogP contribution in [0.3, 0.4) is 0 Å². The van der Waals surface area contributed by atoms with Crippen LogP contribution in [0.15, 0.2) is 67.1 Å². The number of halogens is 1. The number of anilines is 2. The molecule has 0 radical (unpaired) electrons. The molecular weight excluding hydrogens is 649 g/mol. The summed E-state index contributed by atoms with van der Waals surface area (Å²) in [6.45, 7) is 4.21. The number of piperidine rings is 3. The molecule has 8 rings (SSSR count). The van der Waals surface area contributed by atoms with Crippen molar-refractivity contribution in [2.45, 2.75) is 69.4 Å². The third-order valence-electron chi connectivity index (χ3n) is 11.0. The van der Waals surface area contributed by atoms with Crippen LogP contribution in [-0.4, -0.2) is 85.5 Å². The first-order valence-electron chi connectivity index (χ1n) is 17.8. The Morgan fingerprint density at radius 3 is 2.43 bits per heavy atom. The molecule has 3 amide bonds. The van der Waals surface area contributed by atoms with Crippen LogP contribution >= 0.6 is 0 Å². The number of imide groups is 1. The summed E-state index contributed by atoms with van der Waals surface area (Å²) in [5.74, 6) is 0.663. The van der Waals surface area contributed by atoms with Crippen molar-refractivity contribution in [3.63, 3.8) is 0 Å². The van der Waals surface area contributed by atoms with Crippen LogP contribution in [0, 0.1) is 0 Å². The average molecular weight is 692 g/mol. The molecule has 264 valence electrons. The minimum Gasteiger partial charge on any atom is -0.371 e. The summed E-state index contributed by atoms with van der Waals surface area (Å²) in [6, 6.07) is 17.7. The van der Waals surface area contributed by atoms with Gasteiger partial charge in [0, 0.05) is 81.8 Å². The summed E-state index contributed by atoms with van der Waals surface area (Å²) in [5.41, 5.74) is 3.73. The van der Waals surface area contributed by atoms with Gasteiger partial charge in [-0.3, -0.25) is 24.6 Å². The van der Waals surface area contributed by atoms with Crippen molar-refractivity contribution in [2.75, 3.05) is 36.4 Å². The van der Waals surface area contributed by atoms with Gasteiger partial charge in [0.1, 0.15) is 23.9 Å². The van der Waals surface area contributed by atoms with Crippen LogP contribution in [0.25, 0.3) is 11.4 Å². The van der Waals surface area contributed by atoms with Gasteiger partial charge in [-0.2, -0.15) is 0 Å². The molecule has 4 aliphatic rings. The van der Waals surface area contributed by atoms with Gasteiger partial charge in [0.05, 0.1) is 0 Å². The Morgan fingerprint density at radius 2 is 1.75 bits per heavy atom. The molecule has 6 heterocycles. The highest BCUT2D eigenvalue weighted by Gasteiger charge is 2.41. The number of rotatable bonds is 8. The van der Waals surface area contributed by atoms with Crippen LogP contribution in [0.1, 0.15) is 65.6 Å². The number of fused-ring (bicyclic) bond motifs is 1. The normalized spacial score (nSPS) is 21.1. The number of likely N-dealkylation sites (tertiary alicyclic amines) is 1. The van der Waals surface area contributed by atoms with Crippen LogP contribution in [-0.2, 0) is 35.4 Å². The van der Waals surface area contributed by atoms with Crippen molar-refractivity contribution < 1.29 is 18.8 Å². The van der Waals surface area contributed by atoms with Crippen molar-refractivity contribution in [3.8, 4) is 11.4 Å². The molecule has 4 aromatic rings. The number of aryl methyl sites for hydroxylation is 1. The molecule has 0 spiro atoms. The Balaban J connectivity index is 0.807. The number of aromatic nitrogens is 4. The molecule has 2 N–H and O–H groups in total. The number of pyridine rings is 1. The minimum atomic E-state index is -1.47. The minimum absolute atomic E-state index is 0.204. The van der Waals surface area contributed by atoms with E-state index in [1.807, 2.05) is 36.0 Å². The van der Waals surface area contributed by atoms with E-state index in [-0.39, 0.29) is 24.8 Å². The second kappa shape index (κ2) is 13.5. The van der Waals surface area contributed by atoms with Crippen molar-refractivity contribution >= 4 is 29.2 Å².